The smallest absolute Gasteiger partial charge is 0.0658 e. The Hall–Kier alpha value is -1.02. The third-order valence-electron chi connectivity index (χ3n) is 4.43. The predicted octanol–water partition coefficient (Wildman–Crippen LogP) is 4.67. The molecule has 0 saturated heterocycles. The molecule has 2 nitrogen and oxygen atoms in total. The zero-order chi connectivity index (χ0) is 13.5. The Bertz CT molecular complexity index is 306. The average molecular weight is 234 g/mol. The fourth-order valence-corrected chi connectivity index (χ4v) is 1.85. The van der Waals surface area contributed by atoms with E-state index >= 15 is 0 Å². The van der Waals surface area contributed by atoms with E-state index in [1.54, 1.807) is 0 Å². The van der Waals surface area contributed by atoms with E-state index < -0.39 is 0 Å². The maximum Gasteiger partial charge on any atom is 0.0658 e. The van der Waals surface area contributed by atoms with Gasteiger partial charge in [0.25, 0.3) is 0 Å². The van der Waals surface area contributed by atoms with E-state index in [1.807, 2.05) is 6.92 Å². The molecule has 2 atom stereocenters. The highest BCUT2D eigenvalue weighted by atomic mass is 14.4. The summed E-state index contributed by atoms with van der Waals surface area (Å²) in [4.78, 5) is 0. The minimum atomic E-state index is 0.0673. The van der Waals surface area contributed by atoms with Crippen molar-refractivity contribution in [3.8, 4) is 12.1 Å². The van der Waals surface area contributed by atoms with Crippen molar-refractivity contribution >= 4 is 0 Å². The first kappa shape index (κ1) is 16.0. The molecule has 0 heterocycles. The third kappa shape index (κ3) is 5.22. The quantitative estimate of drug-likeness (QED) is 0.642. The van der Waals surface area contributed by atoms with Gasteiger partial charge in [-0.2, -0.15) is 10.5 Å². The van der Waals surface area contributed by atoms with Crippen molar-refractivity contribution in [3.63, 3.8) is 0 Å². The first-order valence-electron chi connectivity index (χ1n) is 6.58. The van der Waals surface area contributed by atoms with Crippen LogP contribution >= 0.6 is 0 Å². The molecule has 0 aromatic carbocycles. The van der Waals surface area contributed by atoms with Crippen LogP contribution in [0.4, 0.5) is 0 Å². The molecular formula is C15H26N2. The second-order valence-corrected chi connectivity index (χ2v) is 6.16. The molecule has 0 radical (unpaired) electrons. The standard InChI is InChI=1S/C15H26N2/c1-6-15(5,8-7-11-16)10-9-14(3,4)13(2)12-17/h13H,6-10H2,1-5H3. The van der Waals surface area contributed by atoms with Gasteiger partial charge in [0.1, 0.15) is 0 Å². The van der Waals surface area contributed by atoms with E-state index in [0.29, 0.717) is 6.42 Å². The normalized spacial score (nSPS) is 16.6. The summed E-state index contributed by atoms with van der Waals surface area (Å²) in [5.74, 6) is 0.0829. The molecule has 0 aromatic rings. The van der Waals surface area contributed by atoms with E-state index in [9.17, 15) is 0 Å². The molecule has 96 valence electrons. The van der Waals surface area contributed by atoms with Crippen LogP contribution in [-0.2, 0) is 0 Å². The first-order chi connectivity index (χ1) is 7.81. The predicted molar refractivity (Wildman–Crippen MR) is 71.0 cm³/mol. The van der Waals surface area contributed by atoms with Crippen LogP contribution in [0.2, 0.25) is 0 Å². The van der Waals surface area contributed by atoms with Gasteiger partial charge in [-0.1, -0.05) is 34.1 Å². The van der Waals surface area contributed by atoms with Gasteiger partial charge in [-0.3, -0.25) is 0 Å². The highest BCUT2D eigenvalue weighted by molar-refractivity contribution is 4.91. The Morgan fingerprint density at radius 3 is 2.06 bits per heavy atom. The lowest BCUT2D eigenvalue weighted by atomic mass is 9.70. The van der Waals surface area contributed by atoms with Gasteiger partial charge in [-0.15, -0.1) is 0 Å². The summed E-state index contributed by atoms with van der Waals surface area (Å²) in [7, 11) is 0. The number of hydrogen-bond acceptors (Lipinski definition) is 2. The first-order valence-corrected chi connectivity index (χ1v) is 6.58. The number of rotatable bonds is 7. The topological polar surface area (TPSA) is 47.6 Å². The molecule has 0 fully saturated rings. The van der Waals surface area contributed by atoms with Gasteiger partial charge in [0.2, 0.25) is 0 Å². The molecule has 0 bridgehead atoms. The fraction of sp³-hybridized carbons (Fsp3) is 0.867. The molecule has 0 rings (SSSR count). The third-order valence-corrected chi connectivity index (χ3v) is 4.43. The van der Waals surface area contributed by atoms with E-state index in [-0.39, 0.29) is 16.7 Å². The van der Waals surface area contributed by atoms with Gasteiger partial charge in [-0.05, 0) is 37.0 Å². The molecule has 2 unspecified atom stereocenters. The van der Waals surface area contributed by atoms with Crippen LogP contribution in [0.3, 0.4) is 0 Å². The van der Waals surface area contributed by atoms with Crippen molar-refractivity contribution < 1.29 is 0 Å². The average Bonchev–Trinajstić information content (AvgIpc) is 2.33. The number of nitrogens with zero attached hydrogens (tertiary/aromatic N) is 2. The summed E-state index contributed by atoms with van der Waals surface area (Å²) in [6.07, 6.45) is 4.86. The minimum absolute atomic E-state index is 0.0673. The lowest BCUT2D eigenvalue weighted by Crippen LogP contribution is -2.24. The monoisotopic (exact) mass is 234 g/mol. The lowest BCUT2D eigenvalue weighted by Gasteiger charge is -2.34. The summed E-state index contributed by atoms with van der Waals surface area (Å²) in [6, 6.07) is 4.59. The molecule has 2 heteroatoms. The van der Waals surface area contributed by atoms with Gasteiger partial charge < -0.3 is 0 Å². The maximum atomic E-state index is 9.01. The Morgan fingerprint density at radius 2 is 1.65 bits per heavy atom. The number of hydrogen-bond donors (Lipinski definition) is 0. The minimum Gasteiger partial charge on any atom is -0.198 e. The Kier molecular flexibility index (Phi) is 6.25. The van der Waals surface area contributed by atoms with Crippen molar-refractivity contribution in [1.82, 2.24) is 0 Å². The Labute approximate surface area is 107 Å². The van der Waals surface area contributed by atoms with Crippen LogP contribution in [-0.4, -0.2) is 0 Å². The van der Waals surface area contributed by atoms with E-state index in [0.717, 1.165) is 25.7 Å². The molecule has 0 N–H and O–H groups in total. The Balaban J connectivity index is 4.42. The van der Waals surface area contributed by atoms with Crippen LogP contribution < -0.4 is 0 Å². The summed E-state index contributed by atoms with van der Waals surface area (Å²) in [6.45, 7) is 10.8. The molecular weight excluding hydrogens is 208 g/mol. The molecule has 0 aliphatic heterocycles. The van der Waals surface area contributed by atoms with E-state index in [4.69, 9.17) is 10.5 Å². The van der Waals surface area contributed by atoms with Crippen LogP contribution in [0.25, 0.3) is 0 Å². The van der Waals surface area contributed by atoms with Crippen molar-refractivity contribution in [3.05, 3.63) is 0 Å². The molecule has 0 amide bonds. The van der Waals surface area contributed by atoms with E-state index in [1.165, 1.54) is 0 Å². The van der Waals surface area contributed by atoms with Gasteiger partial charge in [0.05, 0.1) is 12.1 Å². The highest BCUT2D eigenvalue weighted by Gasteiger charge is 2.30. The second kappa shape index (κ2) is 6.65. The van der Waals surface area contributed by atoms with Crippen LogP contribution in [0.1, 0.15) is 66.7 Å². The van der Waals surface area contributed by atoms with Crippen LogP contribution in [0, 0.1) is 39.4 Å². The largest absolute Gasteiger partial charge is 0.198 e. The number of nitriles is 2. The van der Waals surface area contributed by atoms with Gasteiger partial charge in [0, 0.05) is 12.3 Å². The fourth-order valence-electron chi connectivity index (χ4n) is 1.85. The zero-order valence-corrected chi connectivity index (χ0v) is 12.0. The molecule has 0 aliphatic rings. The van der Waals surface area contributed by atoms with Crippen molar-refractivity contribution in [2.75, 3.05) is 0 Å². The van der Waals surface area contributed by atoms with Gasteiger partial charge in [0.15, 0.2) is 0 Å². The SMILES string of the molecule is CCC(C)(CCC#N)CCC(C)(C)C(C)C#N. The summed E-state index contributed by atoms with van der Waals surface area (Å²) in [5, 5.41) is 17.7. The maximum absolute atomic E-state index is 9.01. The summed E-state index contributed by atoms with van der Waals surface area (Å²) < 4.78 is 0. The summed E-state index contributed by atoms with van der Waals surface area (Å²) >= 11 is 0. The van der Waals surface area contributed by atoms with Crippen molar-refractivity contribution in [1.29, 1.82) is 10.5 Å². The van der Waals surface area contributed by atoms with Gasteiger partial charge >= 0.3 is 0 Å². The molecule has 17 heavy (non-hydrogen) atoms. The van der Waals surface area contributed by atoms with Crippen LogP contribution in [0.5, 0.6) is 0 Å². The molecule has 0 saturated carbocycles. The van der Waals surface area contributed by atoms with Crippen molar-refractivity contribution in [2.45, 2.75) is 66.7 Å². The summed E-state index contributed by atoms with van der Waals surface area (Å²) in [5.41, 5.74) is 0.319. The van der Waals surface area contributed by atoms with E-state index in [2.05, 4.69) is 39.8 Å². The molecule has 0 aliphatic carbocycles. The van der Waals surface area contributed by atoms with Crippen LogP contribution in [0.15, 0.2) is 0 Å². The second-order valence-electron chi connectivity index (χ2n) is 6.16. The molecule has 0 spiro atoms. The highest BCUT2D eigenvalue weighted by Crippen LogP contribution is 2.39. The van der Waals surface area contributed by atoms with Gasteiger partial charge in [-0.25, -0.2) is 0 Å². The van der Waals surface area contributed by atoms with Crippen molar-refractivity contribution in [2.24, 2.45) is 16.7 Å². The zero-order valence-electron chi connectivity index (χ0n) is 12.0. The lowest BCUT2D eigenvalue weighted by molar-refractivity contribution is 0.177. The molecule has 0 aromatic heterocycles. The Morgan fingerprint density at radius 1 is 1.06 bits per heavy atom.